The molecule has 0 saturated carbocycles. The van der Waals surface area contributed by atoms with Gasteiger partial charge in [0.25, 0.3) is 0 Å². The second-order valence-corrected chi connectivity index (χ2v) is 5.57. The largest absolute Gasteiger partial charge is 0.573 e. The van der Waals surface area contributed by atoms with Gasteiger partial charge in [0.15, 0.2) is 0 Å². The second-order valence-electron chi connectivity index (χ2n) is 5.57. The molecule has 0 bridgehead atoms. The Morgan fingerprint density at radius 2 is 1.50 bits per heavy atom. The number of hydrogen-bond donors (Lipinski definition) is 0. The zero-order chi connectivity index (χ0) is 18.1. The summed E-state index contributed by atoms with van der Waals surface area (Å²) in [6.07, 6.45) is -9.41. The minimum atomic E-state index is -4.87. The van der Waals surface area contributed by atoms with Crippen LogP contribution >= 0.6 is 0 Å². The molecule has 2 aromatic carbocycles. The van der Waals surface area contributed by atoms with Crippen molar-refractivity contribution in [1.29, 1.82) is 0 Å². The van der Waals surface area contributed by atoms with Gasteiger partial charge >= 0.3 is 12.5 Å². The molecule has 1 nitrogen and oxygen atoms in total. The SMILES string of the molecule is CC(C)c1cc(-c2cccc(OC(F)(F)F)c2)cc(C(F)(F)F)c1. The van der Waals surface area contributed by atoms with E-state index in [0.717, 1.165) is 24.3 Å². The average Bonchev–Trinajstić information content (AvgIpc) is 2.44. The first-order chi connectivity index (χ1) is 11.0. The van der Waals surface area contributed by atoms with Crippen molar-refractivity contribution in [2.45, 2.75) is 32.3 Å². The maximum atomic E-state index is 13.1. The summed E-state index contributed by atoms with van der Waals surface area (Å²) in [5.41, 5.74) is -0.00119. The van der Waals surface area contributed by atoms with E-state index < -0.39 is 23.9 Å². The minimum absolute atomic E-state index is 0.166. The van der Waals surface area contributed by atoms with Gasteiger partial charge in [-0.05, 0) is 46.9 Å². The Labute approximate surface area is 134 Å². The number of alkyl halides is 6. The molecule has 0 radical (unpaired) electrons. The quantitative estimate of drug-likeness (QED) is 0.584. The van der Waals surface area contributed by atoms with Gasteiger partial charge in [-0.3, -0.25) is 0 Å². The van der Waals surface area contributed by atoms with Crippen molar-refractivity contribution in [3.63, 3.8) is 0 Å². The summed E-state index contributed by atoms with van der Waals surface area (Å²) in [6.45, 7) is 3.48. The van der Waals surface area contributed by atoms with Crippen molar-refractivity contribution in [2.24, 2.45) is 0 Å². The highest BCUT2D eigenvalue weighted by molar-refractivity contribution is 5.67. The maximum absolute atomic E-state index is 13.1. The molecule has 0 atom stereocenters. The third kappa shape index (κ3) is 4.66. The zero-order valence-electron chi connectivity index (χ0n) is 12.8. The third-order valence-electron chi connectivity index (χ3n) is 3.35. The Hall–Kier alpha value is -2.18. The molecule has 2 aromatic rings. The van der Waals surface area contributed by atoms with Gasteiger partial charge in [0.2, 0.25) is 0 Å². The summed E-state index contributed by atoms with van der Waals surface area (Å²) < 4.78 is 79.9. The van der Waals surface area contributed by atoms with Crippen LogP contribution in [0.5, 0.6) is 5.75 Å². The number of rotatable bonds is 3. The number of halogens is 6. The van der Waals surface area contributed by atoms with E-state index in [0.29, 0.717) is 5.56 Å². The van der Waals surface area contributed by atoms with Crippen molar-refractivity contribution < 1.29 is 31.1 Å². The summed E-state index contributed by atoms with van der Waals surface area (Å²) in [5.74, 6) is -0.649. The highest BCUT2D eigenvalue weighted by atomic mass is 19.4. The third-order valence-corrected chi connectivity index (χ3v) is 3.35. The molecule has 7 heteroatoms. The lowest BCUT2D eigenvalue weighted by Gasteiger charge is -2.15. The van der Waals surface area contributed by atoms with Gasteiger partial charge in [0.1, 0.15) is 5.75 Å². The molecule has 0 spiro atoms. The average molecular weight is 348 g/mol. The first kappa shape index (κ1) is 18.2. The van der Waals surface area contributed by atoms with Gasteiger partial charge in [-0.15, -0.1) is 13.2 Å². The molecule has 0 aliphatic heterocycles. The van der Waals surface area contributed by atoms with Crippen molar-refractivity contribution in [1.82, 2.24) is 0 Å². The lowest BCUT2D eigenvalue weighted by Crippen LogP contribution is -2.17. The van der Waals surface area contributed by atoms with Crippen molar-refractivity contribution >= 4 is 0 Å². The number of benzene rings is 2. The molecule has 0 heterocycles. The molecule has 2 rings (SSSR count). The van der Waals surface area contributed by atoms with Gasteiger partial charge in [-0.1, -0.05) is 32.0 Å². The fourth-order valence-corrected chi connectivity index (χ4v) is 2.19. The van der Waals surface area contributed by atoms with Crippen LogP contribution in [-0.4, -0.2) is 6.36 Å². The van der Waals surface area contributed by atoms with Gasteiger partial charge in [-0.2, -0.15) is 13.2 Å². The molecule has 0 N–H and O–H groups in total. The summed E-state index contributed by atoms with van der Waals surface area (Å²) in [6, 6.07) is 8.38. The molecule has 24 heavy (non-hydrogen) atoms. The predicted octanol–water partition coefficient (Wildman–Crippen LogP) is 6.39. The van der Waals surface area contributed by atoms with Gasteiger partial charge < -0.3 is 4.74 Å². The van der Waals surface area contributed by atoms with E-state index in [9.17, 15) is 26.3 Å². The standard InChI is InChI=1S/C17H14F6O/c1-10(2)12-6-13(8-14(7-12)16(18,19)20)11-4-3-5-15(9-11)24-17(21,22)23/h3-10H,1-2H3. The molecule has 0 unspecified atom stereocenters. The van der Waals surface area contributed by atoms with Crippen molar-refractivity contribution in [3.8, 4) is 16.9 Å². The van der Waals surface area contributed by atoms with Gasteiger partial charge in [0.05, 0.1) is 5.56 Å². The van der Waals surface area contributed by atoms with E-state index in [-0.39, 0.29) is 17.0 Å². The van der Waals surface area contributed by atoms with Crippen LogP contribution in [0.3, 0.4) is 0 Å². The first-order valence-electron chi connectivity index (χ1n) is 7.04. The van der Waals surface area contributed by atoms with Gasteiger partial charge in [0, 0.05) is 0 Å². The summed E-state index contributed by atoms with van der Waals surface area (Å²) in [7, 11) is 0. The van der Waals surface area contributed by atoms with Crippen LogP contribution in [0.15, 0.2) is 42.5 Å². The molecule has 0 aliphatic carbocycles. The van der Waals surface area contributed by atoms with Crippen LogP contribution in [0.4, 0.5) is 26.3 Å². The molecule has 0 aliphatic rings. The highest BCUT2D eigenvalue weighted by Crippen LogP contribution is 2.36. The van der Waals surface area contributed by atoms with E-state index in [1.54, 1.807) is 13.8 Å². The molecular weight excluding hydrogens is 334 g/mol. The topological polar surface area (TPSA) is 9.23 Å². The van der Waals surface area contributed by atoms with E-state index in [4.69, 9.17) is 0 Å². The zero-order valence-corrected chi connectivity index (χ0v) is 12.8. The molecular formula is C17H14F6O. The number of ether oxygens (including phenoxy) is 1. The van der Waals surface area contributed by atoms with Crippen molar-refractivity contribution in [2.75, 3.05) is 0 Å². The van der Waals surface area contributed by atoms with E-state index in [1.807, 2.05) is 0 Å². The molecule has 0 saturated heterocycles. The summed E-state index contributed by atoms with van der Waals surface area (Å²) in [4.78, 5) is 0. The molecule has 0 amide bonds. The predicted molar refractivity (Wildman–Crippen MR) is 77.7 cm³/mol. The van der Waals surface area contributed by atoms with Crippen LogP contribution in [-0.2, 0) is 6.18 Å². The van der Waals surface area contributed by atoms with Crippen LogP contribution in [0.2, 0.25) is 0 Å². The second kappa shape index (κ2) is 6.37. The number of hydrogen-bond acceptors (Lipinski definition) is 1. The summed E-state index contributed by atoms with van der Waals surface area (Å²) >= 11 is 0. The Morgan fingerprint density at radius 3 is 2.04 bits per heavy atom. The van der Waals surface area contributed by atoms with E-state index in [1.165, 1.54) is 18.2 Å². The lowest BCUT2D eigenvalue weighted by atomic mass is 9.94. The highest BCUT2D eigenvalue weighted by Gasteiger charge is 2.32. The van der Waals surface area contributed by atoms with Crippen molar-refractivity contribution in [3.05, 3.63) is 53.6 Å². The summed E-state index contributed by atoms with van der Waals surface area (Å²) in [5, 5.41) is 0. The first-order valence-corrected chi connectivity index (χ1v) is 7.04. The van der Waals surface area contributed by atoms with Crippen LogP contribution < -0.4 is 4.74 Å². The maximum Gasteiger partial charge on any atom is 0.573 e. The van der Waals surface area contributed by atoms with Crippen LogP contribution in [0, 0.1) is 0 Å². The Morgan fingerprint density at radius 1 is 0.833 bits per heavy atom. The Bertz CT molecular complexity index is 716. The smallest absolute Gasteiger partial charge is 0.406 e. The van der Waals surface area contributed by atoms with Crippen LogP contribution in [0.25, 0.3) is 11.1 Å². The minimum Gasteiger partial charge on any atom is -0.406 e. The lowest BCUT2D eigenvalue weighted by molar-refractivity contribution is -0.274. The monoisotopic (exact) mass is 348 g/mol. The fraction of sp³-hybridized carbons (Fsp3) is 0.294. The molecule has 0 aromatic heterocycles. The van der Waals surface area contributed by atoms with Crippen LogP contribution in [0.1, 0.15) is 30.9 Å². The molecule has 130 valence electrons. The fourth-order valence-electron chi connectivity index (χ4n) is 2.19. The van der Waals surface area contributed by atoms with E-state index >= 15 is 0 Å². The normalized spacial score (nSPS) is 12.5. The Balaban J connectivity index is 2.52. The Kier molecular flexibility index (Phi) is 4.82. The van der Waals surface area contributed by atoms with E-state index in [2.05, 4.69) is 4.74 Å². The molecule has 0 fully saturated rings. The van der Waals surface area contributed by atoms with Gasteiger partial charge in [-0.25, -0.2) is 0 Å².